The van der Waals surface area contributed by atoms with Gasteiger partial charge in [-0.1, -0.05) is 49.4 Å². The van der Waals surface area contributed by atoms with Gasteiger partial charge >= 0.3 is 5.97 Å². The maximum atomic E-state index is 11.5. The summed E-state index contributed by atoms with van der Waals surface area (Å²) in [5.41, 5.74) is 4.35. The quantitative estimate of drug-likeness (QED) is 0.641. The molecule has 0 fully saturated rings. The van der Waals surface area contributed by atoms with Crippen molar-refractivity contribution >= 4 is 16.9 Å². The van der Waals surface area contributed by atoms with E-state index >= 15 is 0 Å². The molecule has 0 unspecified atom stereocenters. The van der Waals surface area contributed by atoms with Gasteiger partial charge in [0.2, 0.25) is 0 Å². The SMILES string of the molecule is Cc1ccc2c(CNC[C@@H](C)c3ccccc3)c(C(=O)O)[nH]c2c1. The molecule has 3 rings (SSSR count). The third-order valence-electron chi connectivity index (χ3n) is 4.40. The van der Waals surface area contributed by atoms with E-state index in [1.165, 1.54) is 5.56 Å². The van der Waals surface area contributed by atoms with Gasteiger partial charge < -0.3 is 15.4 Å². The Morgan fingerprint density at radius 3 is 2.67 bits per heavy atom. The van der Waals surface area contributed by atoms with Crippen LogP contribution in [0.25, 0.3) is 10.9 Å². The van der Waals surface area contributed by atoms with E-state index in [1.807, 2.05) is 43.3 Å². The number of carbonyl (C=O) groups is 1. The van der Waals surface area contributed by atoms with Crippen LogP contribution < -0.4 is 5.32 Å². The predicted molar refractivity (Wildman–Crippen MR) is 96.6 cm³/mol. The molecule has 1 heterocycles. The Labute approximate surface area is 141 Å². The maximum Gasteiger partial charge on any atom is 0.352 e. The third kappa shape index (κ3) is 3.34. The van der Waals surface area contributed by atoms with E-state index in [-0.39, 0.29) is 5.69 Å². The van der Waals surface area contributed by atoms with Gasteiger partial charge in [0.1, 0.15) is 5.69 Å². The first kappa shape index (κ1) is 16.3. The lowest BCUT2D eigenvalue weighted by Gasteiger charge is -2.13. The Bertz CT molecular complexity index is 853. The number of aromatic nitrogens is 1. The first-order chi connectivity index (χ1) is 11.6. The largest absolute Gasteiger partial charge is 0.477 e. The molecule has 3 N–H and O–H groups in total. The highest BCUT2D eigenvalue weighted by molar-refractivity contribution is 5.97. The van der Waals surface area contributed by atoms with Crippen molar-refractivity contribution < 1.29 is 9.90 Å². The van der Waals surface area contributed by atoms with E-state index in [0.717, 1.165) is 28.6 Å². The molecule has 1 aromatic heterocycles. The molecule has 24 heavy (non-hydrogen) atoms. The Balaban J connectivity index is 1.77. The van der Waals surface area contributed by atoms with Crippen molar-refractivity contribution in [3.63, 3.8) is 0 Å². The molecule has 0 aliphatic carbocycles. The second kappa shape index (κ2) is 6.89. The molecular weight excluding hydrogens is 300 g/mol. The monoisotopic (exact) mass is 322 g/mol. The molecule has 4 nitrogen and oxygen atoms in total. The third-order valence-corrected chi connectivity index (χ3v) is 4.40. The highest BCUT2D eigenvalue weighted by Crippen LogP contribution is 2.24. The van der Waals surface area contributed by atoms with Crippen LogP contribution >= 0.6 is 0 Å². The number of benzene rings is 2. The van der Waals surface area contributed by atoms with Gasteiger partial charge in [-0.15, -0.1) is 0 Å². The number of rotatable bonds is 6. The molecule has 1 atom stereocenters. The van der Waals surface area contributed by atoms with Crippen molar-refractivity contribution in [3.8, 4) is 0 Å². The van der Waals surface area contributed by atoms with Gasteiger partial charge in [0.15, 0.2) is 0 Å². The fourth-order valence-corrected chi connectivity index (χ4v) is 3.05. The van der Waals surface area contributed by atoms with Crippen molar-refractivity contribution in [1.82, 2.24) is 10.3 Å². The summed E-state index contributed by atoms with van der Waals surface area (Å²) in [6, 6.07) is 16.3. The summed E-state index contributed by atoms with van der Waals surface area (Å²) in [6.45, 7) is 5.49. The normalized spacial score (nSPS) is 12.4. The molecule has 0 saturated heterocycles. The van der Waals surface area contributed by atoms with Gasteiger partial charge in [0.25, 0.3) is 0 Å². The number of fused-ring (bicyclic) bond motifs is 1. The molecule has 0 bridgehead atoms. The number of hydrogen-bond donors (Lipinski definition) is 3. The molecule has 0 aliphatic rings. The van der Waals surface area contributed by atoms with Gasteiger partial charge in [-0.2, -0.15) is 0 Å². The van der Waals surface area contributed by atoms with E-state index < -0.39 is 5.97 Å². The number of nitrogens with one attached hydrogen (secondary N) is 2. The van der Waals surface area contributed by atoms with Crippen LogP contribution in [0.3, 0.4) is 0 Å². The van der Waals surface area contributed by atoms with Crippen LogP contribution in [0.1, 0.15) is 40.0 Å². The molecule has 0 spiro atoms. The van der Waals surface area contributed by atoms with E-state index in [9.17, 15) is 9.90 Å². The number of aromatic carboxylic acids is 1. The minimum absolute atomic E-state index is 0.274. The van der Waals surface area contributed by atoms with Gasteiger partial charge in [-0.3, -0.25) is 0 Å². The minimum Gasteiger partial charge on any atom is -0.477 e. The summed E-state index contributed by atoms with van der Waals surface area (Å²) < 4.78 is 0. The van der Waals surface area contributed by atoms with Crippen LogP contribution in [0, 0.1) is 6.92 Å². The highest BCUT2D eigenvalue weighted by Gasteiger charge is 2.17. The minimum atomic E-state index is -0.920. The summed E-state index contributed by atoms with van der Waals surface area (Å²) in [4.78, 5) is 14.6. The van der Waals surface area contributed by atoms with Gasteiger partial charge in [-0.05, 0) is 30.0 Å². The fourth-order valence-electron chi connectivity index (χ4n) is 3.05. The first-order valence-electron chi connectivity index (χ1n) is 8.16. The van der Waals surface area contributed by atoms with Crippen LogP contribution in [-0.2, 0) is 6.54 Å². The van der Waals surface area contributed by atoms with E-state index in [4.69, 9.17) is 0 Å². The first-order valence-corrected chi connectivity index (χ1v) is 8.16. The van der Waals surface area contributed by atoms with Crippen LogP contribution in [0.5, 0.6) is 0 Å². The van der Waals surface area contributed by atoms with Crippen LogP contribution in [0.2, 0.25) is 0 Å². The zero-order valence-corrected chi connectivity index (χ0v) is 14.0. The average Bonchev–Trinajstić information content (AvgIpc) is 2.93. The zero-order valence-electron chi connectivity index (χ0n) is 14.0. The van der Waals surface area contributed by atoms with Crippen LogP contribution in [0.15, 0.2) is 48.5 Å². The molecule has 3 aromatic rings. The van der Waals surface area contributed by atoms with E-state index in [0.29, 0.717) is 12.5 Å². The van der Waals surface area contributed by atoms with Gasteiger partial charge in [0, 0.05) is 29.6 Å². The van der Waals surface area contributed by atoms with Gasteiger partial charge in [-0.25, -0.2) is 4.79 Å². The summed E-state index contributed by atoms with van der Waals surface area (Å²) in [5, 5.41) is 13.8. The molecule has 0 amide bonds. The molecule has 0 saturated carbocycles. The number of aryl methyl sites for hydroxylation is 1. The average molecular weight is 322 g/mol. The summed E-state index contributed by atoms with van der Waals surface area (Å²) >= 11 is 0. The highest BCUT2D eigenvalue weighted by atomic mass is 16.4. The maximum absolute atomic E-state index is 11.5. The zero-order chi connectivity index (χ0) is 17.1. The number of carboxylic acid groups (broad SMARTS) is 1. The molecule has 4 heteroatoms. The topological polar surface area (TPSA) is 65.1 Å². The Hall–Kier alpha value is -2.59. The lowest BCUT2D eigenvalue weighted by molar-refractivity contribution is 0.0690. The predicted octanol–water partition coefficient (Wildman–Crippen LogP) is 4.07. The van der Waals surface area contributed by atoms with Crippen molar-refractivity contribution in [2.24, 2.45) is 0 Å². The Morgan fingerprint density at radius 2 is 1.96 bits per heavy atom. The number of aromatic amines is 1. The van der Waals surface area contributed by atoms with E-state index in [2.05, 4.69) is 29.4 Å². The molecular formula is C20H22N2O2. The lowest BCUT2D eigenvalue weighted by atomic mass is 10.0. The number of hydrogen-bond acceptors (Lipinski definition) is 2. The molecule has 124 valence electrons. The van der Waals surface area contributed by atoms with Crippen molar-refractivity contribution in [1.29, 1.82) is 0 Å². The van der Waals surface area contributed by atoms with Crippen molar-refractivity contribution in [3.05, 3.63) is 70.9 Å². The second-order valence-electron chi connectivity index (χ2n) is 6.28. The summed E-state index contributed by atoms with van der Waals surface area (Å²) in [7, 11) is 0. The van der Waals surface area contributed by atoms with Crippen molar-refractivity contribution in [2.45, 2.75) is 26.3 Å². The van der Waals surface area contributed by atoms with Crippen molar-refractivity contribution in [2.75, 3.05) is 6.54 Å². The lowest BCUT2D eigenvalue weighted by Crippen LogP contribution is -2.20. The molecule has 0 radical (unpaired) electrons. The Morgan fingerprint density at radius 1 is 1.21 bits per heavy atom. The smallest absolute Gasteiger partial charge is 0.352 e. The fraction of sp³-hybridized carbons (Fsp3) is 0.250. The van der Waals surface area contributed by atoms with Crippen LogP contribution in [0.4, 0.5) is 0 Å². The Kier molecular flexibility index (Phi) is 4.67. The summed E-state index contributed by atoms with van der Waals surface area (Å²) in [6.07, 6.45) is 0. The number of carboxylic acids is 1. The van der Waals surface area contributed by atoms with Crippen LogP contribution in [-0.4, -0.2) is 22.6 Å². The second-order valence-corrected chi connectivity index (χ2v) is 6.28. The summed E-state index contributed by atoms with van der Waals surface area (Å²) in [5.74, 6) is -0.552. The standard InChI is InChI=1S/C20H22N2O2/c1-13-8-9-16-17(19(20(23)24)22-18(16)10-13)12-21-11-14(2)15-6-4-3-5-7-15/h3-10,14,21-22H,11-12H2,1-2H3,(H,23,24)/t14-/m1/s1. The van der Waals surface area contributed by atoms with E-state index in [1.54, 1.807) is 0 Å². The van der Waals surface area contributed by atoms with Gasteiger partial charge in [0.05, 0.1) is 0 Å². The molecule has 0 aliphatic heterocycles. The molecule has 2 aromatic carbocycles. The number of H-pyrrole nitrogens is 1.